The topological polar surface area (TPSA) is 40.5 Å². The highest BCUT2D eigenvalue weighted by molar-refractivity contribution is 5.72. The van der Waals surface area contributed by atoms with E-state index < -0.39 is 29.4 Å². The van der Waals surface area contributed by atoms with Gasteiger partial charge in [-0.1, -0.05) is 0 Å². The van der Waals surface area contributed by atoms with Crippen LogP contribution in [0.3, 0.4) is 0 Å². The summed E-state index contributed by atoms with van der Waals surface area (Å²) in [5.74, 6) is -3.24. The number of carboxylic acids is 1. The minimum atomic E-state index is -0.961. The van der Waals surface area contributed by atoms with Gasteiger partial charge in [0, 0.05) is 25.0 Å². The van der Waals surface area contributed by atoms with Gasteiger partial charge in [0.05, 0.1) is 5.92 Å². The Morgan fingerprint density at radius 3 is 2.63 bits per heavy atom. The lowest BCUT2D eigenvalue weighted by atomic mass is 9.88. The molecule has 2 atom stereocenters. The molecule has 1 aliphatic rings. The van der Waals surface area contributed by atoms with E-state index in [1.807, 2.05) is 18.7 Å². The molecule has 1 aromatic carbocycles. The Hall–Kier alpha value is -1.49. The zero-order valence-electron chi connectivity index (χ0n) is 10.9. The number of hydrogen-bond donors (Lipinski definition) is 1. The van der Waals surface area contributed by atoms with Crippen molar-refractivity contribution < 1.29 is 18.7 Å². The summed E-state index contributed by atoms with van der Waals surface area (Å²) in [7, 11) is 0. The predicted octanol–water partition coefficient (Wildman–Crippen LogP) is 2.47. The molecular formula is C14H17F2NO2. The molecule has 1 fully saturated rings. The first-order valence-corrected chi connectivity index (χ1v) is 6.32. The maximum Gasteiger partial charge on any atom is 0.308 e. The molecule has 0 radical (unpaired) electrons. The van der Waals surface area contributed by atoms with Crippen LogP contribution in [-0.2, 0) is 4.79 Å². The van der Waals surface area contributed by atoms with Crippen molar-refractivity contribution >= 4 is 5.97 Å². The molecule has 0 spiro atoms. The van der Waals surface area contributed by atoms with Gasteiger partial charge in [-0.3, -0.25) is 9.69 Å². The van der Waals surface area contributed by atoms with Gasteiger partial charge in [-0.15, -0.1) is 0 Å². The molecule has 1 aliphatic heterocycles. The molecule has 2 unspecified atom stereocenters. The largest absolute Gasteiger partial charge is 0.481 e. The Kier molecular flexibility index (Phi) is 3.85. The van der Waals surface area contributed by atoms with Crippen LogP contribution >= 0.6 is 0 Å². The van der Waals surface area contributed by atoms with Gasteiger partial charge in [0.25, 0.3) is 0 Å². The maximum atomic E-state index is 13.8. The van der Waals surface area contributed by atoms with Gasteiger partial charge in [0.15, 0.2) is 0 Å². The number of carboxylic acid groups (broad SMARTS) is 1. The molecule has 19 heavy (non-hydrogen) atoms. The van der Waals surface area contributed by atoms with E-state index in [1.54, 1.807) is 0 Å². The first-order valence-electron chi connectivity index (χ1n) is 6.32. The Labute approximate surface area is 110 Å². The molecule has 3 nitrogen and oxygen atoms in total. The van der Waals surface area contributed by atoms with E-state index in [9.17, 15) is 18.7 Å². The minimum Gasteiger partial charge on any atom is -0.481 e. The highest BCUT2D eigenvalue weighted by Crippen LogP contribution is 2.35. The molecule has 0 aliphatic carbocycles. The second-order valence-corrected chi connectivity index (χ2v) is 5.26. The number of carbonyl (C=O) groups is 1. The number of benzene rings is 1. The maximum absolute atomic E-state index is 13.8. The molecule has 0 bridgehead atoms. The number of hydrogen-bond acceptors (Lipinski definition) is 2. The van der Waals surface area contributed by atoms with E-state index in [-0.39, 0.29) is 11.6 Å². The molecule has 2 rings (SSSR count). The van der Waals surface area contributed by atoms with E-state index in [2.05, 4.69) is 0 Å². The number of rotatable bonds is 3. The van der Waals surface area contributed by atoms with Crippen molar-refractivity contribution in [2.45, 2.75) is 25.8 Å². The zero-order valence-corrected chi connectivity index (χ0v) is 10.9. The third-order valence-electron chi connectivity index (χ3n) is 3.75. The fourth-order valence-electron chi connectivity index (χ4n) is 2.62. The van der Waals surface area contributed by atoms with E-state index in [1.165, 1.54) is 0 Å². The van der Waals surface area contributed by atoms with Crippen LogP contribution in [0.2, 0.25) is 0 Å². The van der Waals surface area contributed by atoms with Gasteiger partial charge in [-0.2, -0.15) is 0 Å². The van der Waals surface area contributed by atoms with Crippen molar-refractivity contribution in [2.75, 3.05) is 13.1 Å². The van der Waals surface area contributed by atoms with E-state index in [0.29, 0.717) is 13.1 Å². The van der Waals surface area contributed by atoms with Crippen LogP contribution in [0.5, 0.6) is 0 Å². The second kappa shape index (κ2) is 5.25. The fraction of sp³-hybridized carbons (Fsp3) is 0.500. The fourth-order valence-corrected chi connectivity index (χ4v) is 2.62. The van der Waals surface area contributed by atoms with Crippen molar-refractivity contribution in [1.29, 1.82) is 0 Å². The van der Waals surface area contributed by atoms with Crippen molar-refractivity contribution in [3.63, 3.8) is 0 Å². The molecule has 1 N–H and O–H groups in total. The van der Waals surface area contributed by atoms with Gasteiger partial charge in [-0.25, -0.2) is 8.78 Å². The van der Waals surface area contributed by atoms with Crippen molar-refractivity contribution in [1.82, 2.24) is 4.90 Å². The summed E-state index contributed by atoms with van der Waals surface area (Å²) >= 11 is 0. The number of halogens is 2. The average molecular weight is 269 g/mol. The number of likely N-dealkylation sites (tertiary alicyclic amines) is 1. The van der Waals surface area contributed by atoms with Crippen LogP contribution in [0.25, 0.3) is 0 Å². The molecule has 1 saturated heterocycles. The Morgan fingerprint density at radius 1 is 1.37 bits per heavy atom. The van der Waals surface area contributed by atoms with Gasteiger partial charge in [-0.05, 0) is 37.6 Å². The molecular weight excluding hydrogens is 252 g/mol. The molecule has 1 heterocycles. The molecule has 0 amide bonds. The lowest BCUT2D eigenvalue weighted by molar-refractivity contribution is -0.141. The third-order valence-corrected chi connectivity index (χ3v) is 3.75. The first-order chi connectivity index (χ1) is 8.90. The smallest absolute Gasteiger partial charge is 0.308 e. The summed E-state index contributed by atoms with van der Waals surface area (Å²) in [6.07, 6.45) is 0. The Balaban J connectivity index is 2.35. The standard InChI is InChI=1S/C14H17F2NO2/c1-8(2)17-6-11(12(7-17)14(18)19)10-5-9(15)3-4-13(10)16/h3-5,8,11-12H,6-7H2,1-2H3,(H,18,19). The van der Waals surface area contributed by atoms with Crippen molar-refractivity contribution in [2.24, 2.45) is 5.92 Å². The summed E-state index contributed by atoms with van der Waals surface area (Å²) in [5, 5.41) is 9.26. The van der Waals surface area contributed by atoms with Gasteiger partial charge in [0.1, 0.15) is 11.6 Å². The average Bonchev–Trinajstić information content (AvgIpc) is 2.77. The quantitative estimate of drug-likeness (QED) is 0.916. The van der Waals surface area contributed by atoms with Crippen LogP contribution in [0.15, 0.2) is 18.2 Å². The minimum absolute atomic E-state index is 0.163. The first kappa shape index (κ1) is 13.9. The van der Waals surface area contributed by atoms with Gasteiger partial charge < -0.3 is 5.11 Å². The van der Waals surface area contributed by atoms with Crippen LogP contribution in [-0.4, -0.2) is 35.1 Å². The van der Waals surface area contributed by atoms with Gasteiger partial charge in [0.2, 0.25) is 0 Å². The highest BCUT2D eigenvalue weighted by atomic mass is 19.1. The van der Waals surface area contributed by atoms with E-state index in [4.69, 9.17) is 0 Å². The third kappa shape index (κ3) is 2.76. The zero-order chi connectivity index (χ0) is 14.2. The normalized spacial score (nSPS) is 24.1. The van der Waals surface area contributed by atoms with E-state index in [0.717, 1.165) is 18.2 Å². The SMILES string of the molecule is CC(C)N1CC(C(=O)O)C(c2cc(F)ccc2F)C1. The Morgan fingerprint density at radius 2 is 2.05 bits per heavy atom. The lowest BCUT2D eigenvalue weighted by Crippen LogP contribution is -2.29. The van der Waals surface area contributed by atoms with Crippen molar-refractivity contribution in [3.05, 3.63) is 35.4 Å². The Bertz CT molecular complexity index is 490. The molecule has 0 saturated carbocycles. The second-order valence-electron chi connectivity index (χ2n) is 5.26. The number of aliphatic carboxylic acids is 1. The van der Waals surface area contributed by atoms with Crippen LogP contribution in [0.1, 0.15) is 25.3 Å². The number of nitrogens with zero attached hydrogens (tertiary/aromatic N) is 1. The van der Waals surface area contributed by atoms with Crippen LogP contribution in [0.4, 0.5) is 8.78 Å². The van der Waals surface area contributed by atoms with Crippen LogP contribution in [0, 0.1) is 17.6 Å². The molecule has 0 aromatic heterocycles. The van der Waals surface area contributed by atoms with E-state index >= 15 is 0 Å². The van der Waals surface area contributed by atoms with Crippen molar-refractivity contribution in [3.8, 4) is 0 Å². The van der Waals surface area contributed by atoms with Gasteiger partial charge >= 0.3 is 5.97 Å². The van der Waals surface area contributed by atoms with Crippen LogP contribution < -0.4 is 0 Å². The lowest BCUT2D eigenvalue weighted by Gasteiger charge is -2.20. The summed E-state index contributed by atoms with van der Waals surface area (Å²) < 4.78 is 27.1. The highest BCUT2D eigenvalue weighted by Gasteiger charge is 2.40. The summed E-state index contributed by atoms with van der Waals surface area (Å²) in [6, 6.07) is 3.40. The predicted molar refractivity (Wildman–Crippen MR) is 66.9 cm³/mol. The summed E-state index contributed by atoms with van der Waals surface area (Å²) in [6.45, 7) is 4.73. The molecule has 5 heteroatoms. The summed E-state index contributed by atoms with van der Waals surface area (Å²) in [4.78, 5) is 13.3. The molecule has 104 valence electrons. The monoisotopic (exact) mass is 269 g/mol. The summed E-state index contributed by atoms with van der Waals surface area (Å²) in [5.41, 5.74) is 0.163. The molecule has 1 aromatic rings.